The molecule has 0 radical (unpaired) electrons. The first-order valence-electron chi connectivity index (χ1n) is 17.0. The van der Waals surface area contributed by atoms with Gasteiger partial charge in [0.1, 0.15) is 0 Å². The van der Waals surface area contributed by atoms with E-state index in [-0.39, 0.29) is 43.3 Å². The van der Waals surface area contributed by atoms with Crippen LogP contribution in [0, 0.1) is 0 Å². The fraction of sp³-hybridized carbons (Fsp3) is 0.721. The van der Waals surface area contributed by atoms with Gasteiger partial charge in [-0.3, -0.25) is 0 Å². The molecule has 0 amide bonds. The molecule has 2 aromatic carbocycles. The van der Waals surface area contributed by atoms with Crippen molar-refractivity contribution in [2.45, 2.75) is 203 Å². The highest BCUT2D eigenvalue weighted by atomic mass is 14.5. The summed E-state index contributed by atoms with van der Waals surface area (Å²) in [6.07, 6.45) is 0. The molecule has 0 aliphatic heterocycles. The van der Waals surface area contributed by atoms with Crippen LogP contribution in [0.3, 0.4) is 0 Å². The largest absolute Gasteiger partial charge is 0.0561 e. The van der Waals surface area contributed by atoms with Gasteiger partial charge in [-0.25, -0.2) is 0 Å². The molecule has 0 nitrogen and oxygen atoms in total. The van der Waals surface area contributed by atoms with Crippen LogP contribution >= 0.6 is 0 Å². The first kappa shape index (κ1) is 37.6. The molecule has 0 N–H and O–H groups in total. The van der Waals surface area contributed by atoms with Crippen LogP contribution < -0.4 is 0 Å². The zero-order valence-corrected chi connectivity index (χ0v) is 33.2. The highest BCUT2D eigenvalue weighted by Crippen LogP contribution is 2.53. The number of hydrogen-bond acceptors (Lipinski definition) is 0. The van der Waals surface area contributed by atoms with Crippen molar-refractivity contribution in [1.29, 1.82) is 0 Å². The van der Waals surface area contributed by atoms with E-state index < -0.39 is 0 Å². The monoisotopic (exact) mass is 589 g/mol. The van der Waals surface area contributed by atoms with Gasteiger partial charge in [-0.2, -0.15) is 0 Å². The third-order valence-electron chi connectivity index (χ3n) is 9.30. The van der Waals surface area contributed by atoms with Crippen LogP contribution in [-0.4, -0.2) is 0 Å². The Morgan fingerprint density at radius 2 is 0.558 bits per heavy atom. The summed E-state index contributed by atoms with van der Waals surface area (Å²) < 4.78 is 0. The Hall–Kier alpha value is -1.56. The SMILES string of the molecule is CC(C)(C)c1cc(C(C)(C)C)c(C(C)(C)C)c(C(C)(C)c2c(C(C)(C)C)cc(C(C)(C)C)c(C(C)(C)C)c2C(C)(C)C)c1. The van der Waals surface area contributed by atoms with E-state index >= 15 is 0 Å². The molecule has 0 aliphatic rings. The number of rotatable bonds is 2. The van der Waals surface area contributed by atoms with Crippen molar-refractivity contribution in [3.05, 3.63) is 68.3 Å². The van der Waals surface area contributed by atoms with Gasteiger partial charge in [-0.05, 0) is 88.0 Å². The zero-order chi connectivity index (χ0) is 34.3. The number of benzene rings is 2. The molecule has 0 fully saturated rings. The van der Waals surface area contributed by atoms with Gasteiger partial charge in [0.2, 0.25) is 0 Å². The van der Waals surface area contributed by atoms with Crippen molar-refractivity contribution in [3.8, 4) is 0 Å². The third-order valence-corrected chi connectivity index (χ3v) is 9.30. The van der Waals surface area contributed by atoms with Gasteiger partial charge in [-0.15, -0.1) is 0 Å². The summed E-state index contributed by atoms with van der Waals surface area (Å²) in [7, 11) is 0. The van der Waals surface area contributed by atoms with E-state index in [9.17, 15) is 0 Å². The molecule has 0 aromatic heterocycles. The van der Waals surface area contributed by atoms with E-state index in [0.29, 0.717) is 0 Å². The minimum atomic E-state index is -0.231. The fourth-order valence-electron chi connectivity index (χ4n) is 7.15. The molecule has 0 atom stereocenters. The lowest BCUT2D eigenvalue weighted by Crippen LogP contribution is -2.38. The summed E-state index contributed by atoms with van der Waals surface area (Å²) in [4.78, 5) is 0. The standard InChI is InChI=1S/C43H72/c1-36(2,3)27-24-28(37(4,5)6)32(40(13,14)15)31(25-27)43(22,23)34-30(39(10,11)12)26-29(38(7,8)9)33(41(16,17)18)35(34)42(19,20)21/h24-26H,1-23H3. The van der Waals surface area contributed by atoms with Crippen molar-refractivity contribution < 1.29 is 0 Å². The Kier molecular flexibility index (Phi) is 9.42. The van der Waals surface area contributed by atoms with Gasteiger partial charge in [0.05, 0.1) is 0 Å². The van der Waals surface area contributed by atoms with Crippen molar-refractivity contribution in [2.24, 2.45) is 0 Å². The Morgan fingerprint density at radius 1 is 0.256 bits per heavy atom. The van der Waals surface area contributed by atoms with E-state index in [2.05, 4.69) is 177 Å². The first-order chi connectivity index (χ1) is 18.5. The second kappa shape index (κ2) is 10.8. The maximum atomic E-state index is 2.63. The highest BCUT2D eigenvalue weighted by Gasteiger charge is 2.44. The molecule has 0 heteroatoms. The first-order valence-corrected chi connectivity index (χ1v) is 17.0. The van der Waals surface area contributed by atoms with Crippen LogP contribution in [0.2, 0.25) is 0 Å². The van der Waals surface area contributed by atoms with Crippen LogP contribution in [0.25, 0.3) is 0 Å². The highest BCUT2D eigenvalue weighted by molar-refractivity contribution is 5.63. The van der Waals surface area contributed by atoms with E-state index in [4.69, 9.17) is 0 Å². The van der Waals surface area contributed by atoms with Crippen molar-refractivity contribution >= 4 is 0 Å². The minimum Gasteiger partial charge on any atom is -0.0561 e. The van der Waals surface area contributed by atoms with Crippen LogP contribution in [0.4, 0.5) is 0 Å². The summed E-state index contributed by atoms with van der Waals surface area (Å²) in [5.74, 6) is 0. The Balaban J connectivity index is 3.55. The molecule has 2 aromatic rings. The molecule has 0 saturated carbocycles. The maximum Gasteiger partial charge on any atom is 0.0155 e. The van der Waals surface area contributed by atoms with Gasteiger partial charge < -0.3 is 0 Å². The zero-order valence-electron chi connectivity index (χ0n) is 33.2. The van der Waals surface area contributed by atoms with Gasteiger partial charge in [0, 0.05) is 5.41 Å². The van der Waals surface area contributed by atoms with E-state index in [1.54, 1.807) is 16.7 Å². The van der Waals surface area contributed by atoms with Gasteiger partial charge in [0.25, 0.3) is 0 Å². The molecule has 0 heterocycles. The number of hydrogen-bond donors (Lipinski definition) is 0. The summed E-state index contributed by atoms with van der Waals surface area (Å²) in [5.41, 5.74) is 13.4. The summed E-state index contributed by atoms with van der Waals surface area (Å²) in [6, 6.07) is 7.77. The molecule has 0 unspecified atom stereocenters. The lowest BCUT2D eigenvalue weighted by molar-refractivity contribution is 0.459. The Labute approximate surface area is 270 Å². The van der Waals surface area contributed by atoms with Gasteiger partial charge in [-0.1, -0.05) is 177 Å². The van der Waals surface area contributed by atoms with E-state index in [0.717, 1.165) is 0 Å². The topological polar surface area (TPSA) is 0 Å². The van der Waals surface area contributed by atoms with Gasteiger partial charge >= 0.3 is 0 Å². The van der Waals surface area contributed by atoms with Crippen LogP contribution in [0.15, 0.2) is 18.2 Å². The van der Waals surface area contributed by atoms with Crippen molar-refractivity contribution in [1.82, 2.24) is 0 Å². The fourth-order valence-corrected chi connectivity index (χ4v) is 7.15. The predicted molar refractivity (Wildman–Crippen MR) is 196 cm³/mol. The summed E-state index contributed by atoms with van der Waals surface area (Å²) in [6.45, 7) is 55.8. The van der Waals surface area contributed by atoms with Crippen LogP contribution in [0.1, 0.15) is 209 Å². The van der Waals surface area contributed by atoms with Crippen molar-refractivity contribution in [2.75, 3.05) is 0 Å². The van der Waals surface area contributed by atoms with Crippen LogP contribution in [0.5, 0.6) is 0 Å². The predicted octanol–water partition coefficient (Wildman–Crippen LogP) is 13.1. The quantitative estimate of drug-likeness (QED) is 0.327. The summed E-state index contributed by atoms with van der Waals surface area (Å²) in [5, 5.41) is 0. The molecule has 244 valence electrons. The normalized spacial score (nSPS) is 14.9. The molecular formula is C43H72. The molecule has 0 bridgehead atoms. The third kappa shape index (κ3) is 7.64. The van der Waals surface area contributed by atoms with Crippen LogP contribution in [-0.2, 0) is 43.3 Å². The molecule has 43 heavy (non-hydrogen) atoms. The van der Waals surface area contributed by atoms with E-state index in [1.807, 2.05) is 0 Å². The lowest BCUT2D eigenvalue weighted by atomic mass is 9.57. The smallest absolute Gasteiger partial charge is 0.0155 e. The Bertz CT molecular complexity index is 1320. The molecule has 0 saturated heterocycles. The Morgan fingerprint density at radius 3 is 0.860 bits per heavy atom. The van der Waals surface area contributed by atoms with Crippen molar-refractivity contribution in [3.63, 3.8) is 0 Å². The maximum absolute atomic E-state index is 2.63. The average Bonchev–Trinajstić information content (AvgIpc) is 2.72. The average molecular weight is 589 g/mol. The lowest BCUT2D eigenvalue weighted by Gasteiger charge is -2.46. The minimum absolute atomic E-state index is 0.00313. The summed E-state index contributed by atoms with van der Waals surface area (Å²) >= 11 is 0. The van der Waals surface area contributed by atoms with Gasteiger partial charge in [0.15, 0.2) is 0 Å². The molecule has 2 rings (SSSR count). The second-order valence-electron chi connectivity index (χ2n) is 21.4. The van der Waals surface area contributed by atoms with E-state index in [1.165, 1.54) is 33.4 Å². The second-order valence-corrected chi connectivity index (χ2v) is 21.4. The molecule has 0 aliphatic carbocycles. The molecule has 0 spiro atoms. The molecular weight excluding hydrogens is 516 g/mol.